The van der Waals surface area contributed by atoms with E-state index < -0.39 is 33.2 Å². The van der Waals surface area contributed by atoms with Gasteiger partial charge in [-0.2, -0.15) is 4.31 Å². The number of nitro groups is 1. The van der Waals surface area contributed by atoms with Crippen LogP contribution in [0.25, 0.3) is 0 Å². The normalized spacial score (nSPS) is 15.1. The van der Waals surface area contributed by atoms with Crippen LogP contribution in [0.1, 0.15) is 32.1 Å². The zero-order valence-corrected chi connectivity index (χ0v) is 17.0. The Morgan fingerprint density at radius 2 is 1.80 bits per heavy atom. The highest BCUT2D eigenvalue weighted by atomic mass is 32.2. The number of carbonyl (C=O) groups excluding carboxylic acids is 1. The minimum absolute atomic E-state index is 0.0855. The summed E-state index contributed by atoms with van der Waals surface area (Å²) in [6.45, 7) is -0.437. The van der Waals surface area contributed by atoms with Crippen molar-refractivity contribution in [1.29, 1.82) is 0 Å². The fourth-order valence-electron chi connectivity index (χ4n) is 3.56. The number of hydrogen-bond donors (Lipinski definition) is 1. The van der Waals surface area contributed by atoms with E-state index in [1.165, 1.54) is 36.4 Å². The lowest BCUT2D eigenvalue weighted by Gasteiger charge is -2.33. The molecule has 0 aliphatic heterocycles. The van der Waals surface area contributed by atoms with E-state index in [1.807, 2.05) is 0 Å². The maximum absolute atomic E-state index is 13.3. The number of sulfonamides is 1. The standard InChI is InChI=1S/C20H22FN3O5S/c21-15-9-11-19(12-10-15)30(28,29)23(17-6-2-1-3-7-17)14-20(25)22-16-5-4-8-18(13-16)24(26)27/h4-5,8-13,17H,1-3,6-7,14H2,(H,22,25). The van der Waals surface area contributed by atoms with Gasteiger partial charge < -0.3 is 5.32 Å². The van der Waals surface area contributed by atoms with E-state index in [4.69, 9.17) is 0 Å². The van der Waals surface area contributed by atoms with Crippen molar-refractivity contribution in [1.82, 2.24) is 4.31 Å². The largest absolute Gasteiger partial charge is 0.325 e. The van der Waals surface area contributed by atoms with E-state index in [0.29, 0.717) is 12.8 Å². The van der Waals surface area contributed by atoms with Gasteiger partial charge in [0.25, 0.3) is 5.69 Å². The third kappa shape index (κ3) is 5.19. The summed E-state index contributed by atoms with van der Waals surface area (Å²) in [4.78, 5) is 22.9. The van der Waals surface area contributed by atoms with Crippen molar-refractivity contribution >= 4 is 27.3 Å². The van der Waals surface area contributed by atoms with Gasteiger partial charge >= 0.3 is 0 Å². The molecule has 0 spiro atoms. The monoisotopic (exact) mass is 435 g/mol. The van der Waals surface area contributed by atoms with Crippen molar-refractivity contribution in [3.05, 3.63) is 64.5 Å². The summed E-state index contributed by atoms with van der Waals surface area (Å²) in [7, 11) is -4.03. The quantitative estimate of drug-likeness (QED) is 0.527. The molecule has 10 heteroatoms. The molecule has 160 valence electrons. The van der Waals surface area contributed by atoms with Crippen molar-refractivity contribution in [2.45, 2.75) is 43.0 Å². The molecule has 1 saturated carbocycles. The fourth-order valence-corrected chi connectivity index (χ4v) is 5.20. The molecule has 0 aromatic heterocycles. The topological polar surface area (TPSA) is 110 Å². The van der Waals surface area contributed by atoms with E-state index >= 15 is 0 Å². The van der Waals surface area contributed by atoms with Gasteiger partial charge in [0.05, 0.1) is 16.4 Å². The van der Waals surface area contributed by atoms with Crippen LogP contribution in [0.3, 0.4) is 0 Å². The summed E-state index contributed by atoms with van der Waals surface area (Å²) in [6, 6.07) is 9.57. The Hall–Kier alpha value is -2.85. The van der Waals surface area contributed by atoms with Crippen LogP contribution in [0.15, 0.2) is 53.4 Å². The van der Waals surface area contributed by atoms with Gasteiger partial charge in [0.15, 0.2) is 0 Å². The van der Waals surface area contributed by atoms with Crippen LogP contribution in [0.5, 0.6) is 0 Å². The van der Waals surface area contributed by atoms with Crippen molar-refractivity contribution in [3.63, 3.8) is 0 Å². The maximum atomic E-state index is 13.3. The highest BCUT2D eigenvalue weighted by Crippen LogP contribution is 2.28. The Bertz CT molecular complexity index is 1020. The van der Waals surface area contributed by atoms with Crippen LogP contribution in [0.2, 0.25) is 0 Å². The molecular formula is C20H22FN3O5S. The summed E-state index contributed by atoms with van der Waals surface area (Å²) in [6.07, 6.45) is 3.97. The maximum Gasteiger partial charge on any atom is 0.271 e. The second-order valence-electron chi connectivity index (χ2n) is 7.15. The Morgan fingerprint density at radius 1 is 1.13 bits per heavy atom. The molecule has 0 atom stereocenters. The molecule has 1 aliphatic rings. The zero-order valence-electron chi connectivity index (χ0n) is 16.2. The van der Waals surface area contributed by atoms with Crippen LogP contribution in [-0.2, 0) is 14.8 Å². The molecule has 0 bridgehead atoms. The number of nitro benzene ring substituents is 1. The molecule has 8 nitrogen and oxygen atoms in total. The second-order valence-corrected chi connectivity index (χ2v) is 9.04. The molecule has 0 saturated heterocycles. The molecule has 0 heterocycles. The molecule has 2 aromatic rings. The van der Waals surface area contributed by atoms with E-state index in [9.17, 15) is 27.7 Å². The first kappa shape index (κ1) is 21.8. The van der Waals surface area contributed by atoms with E-state index in [1.54, 1.807) is 0 Å². The van der Waals surface area contributed by atoms with Crippen LogP contribution >= 0.6 is 0 Å². The van der Waals surface area contributed by atoms with Crippen molar-refractivity contribution < 1.29 is 22.5 Å². The average molecular weight is 435 g/mol. The predicted octanol–water partition coefficient (Wildman–Crippen LogP) is 3.70. The molecule has 0 radical (unpaired) electrons. The number of halogens is 1. The highest BCUT2D eigenvalue weighted by Gasteiger charge is 2.34. The molecule has 30 heavy (non-hydrogen) atoms. The Morgan fingerprint density at radius 3 is 2.43 bits per heavy atom. The summed E-state index contributed by atoms with van der Waals surface area (Å²) in [5, 5.41) is 13.4. The SMILES string of the molecule is O=C(CN(C1CCCCC1)S(=O)(=O)c1ccc(F)cc1)Nc1cccc([N+](=O)[O-])c1. The summed E-state index contributed by atoms with van der Waals surface area (Å²) in [5.41, 5.74) is 0.0212. The number of rotatable bonds is 7. The van der Waals surface area contributed by atoms with Gasteiger partial charge in [-0.15, -0.1) is 0 Å². The fraction of sp³-hybridized carbons (Fsp3) is 0.350. The lowest BCUT2D eigenvalue weighted by Crippen LogP contribution is -2.45. The lowest BCUT2D eigenvalue weighted by atomic mass is 9.95. The number of anilines is 1. The smallest absolute Gasteiger partial charge is 0.271 e. The van der Waals surface area contributed by atoms with E-state index in [0.717, 1.165) is 35.7 Å². The first-order chi connectivity index (χ1) is 14.3. The minimum atomic E-state index is -4.03. The van der Waals surface area contributed by atoms with Crippen molar-refractivity contribution in [3.8, 4) is 0 Å². The molecule has 1 fully saturated rings. The Kier molecular flexibility index (Phi) is 6.78. The molecular weight excluding hydrogens is 413 g/mol. The van der Waals surface area contributed by atoms with Gasteiger partial charge in [0.2, 0.25) is 15.9 Å². The van der Waals surface area contributed by atoms with Crippen LogP contribution in [0, 0.1) is 15.9 Å². The van der Waals surface area contributed by atoms with Crippen LogP contribution in [-0.4, -0.2) is 36.1 Å². The minimum Gasteiger partial charge on any atom is -0.325 e. The number of nitrogens with zero attached hydrogens (tertiary/aromatic N) is 2. The molecule has 1 aliphatic carbocycles. The molecule has 1 amide bonds. The molecule has 3 rings (SSSR count). The first-order valence-corrected chi connectivity index (χ1v) is 11.0. The molecule has 0 unspecified atom stereocenters. The average Bonchev–Trinajstić information content (AvgIpc) is 2.73. The summed E-state index contributed by atoms with van der Waals surface area (Å²) in [5.74, 6) is -1.16. The number of hydrogen-bond acceptors (Lipinski definition) is 5. The zero-order chi connectivity index (χ0) is 21.7. The molecule has 1 N–H and O–H groups in total. The van der Waals surface area contributed by atoms with E-state index in [2.05, 4.69) is 5.32 Å². The highest BCUT2D eigenvalue weighted by molar-refractivity contribution is 7.89. The third-order valence-corrected chi connectivity index (χ3v) is 6.95. The Labute approximate surface area is 173 Å². The van der Waals surface area contributed by atoms with Gasteiger partial charge in [-0.25, -0.2) is 12.8 Å². The number of benzene rings is 2. The van der Waals surface area contributed by atoms with Crippen molar-refractivity contribution in [2.75, 3.05) is 11.9 Å². The predicted molar refractivity (Wildman–Crippen MR) is 109 cm³/mol. The van der Waals surface area contributed by atoms with Gasteiger partial charge in [0.1, 0.15) is 5.82 Å². The van der Waals surface area contributed by atoms with Crippen LogP contribution in [0.4, 0.5) is 15.8 Å². The van der Waals surface area contributed by atoms with Crippen LogP contribution < -0.4 is 5.32 Å². The number of amides is 1. The third-order valence-electron chi connectivity index (χ3n) is 5.04. The van der Waals surface area contributed by atoms with Crippen molar-refractivity contribution in [2.24, 2.45) is 0 Å². The second kappa shape index (κ2) is 9.31. The van der Waals surface area contributed by atoms with Gasteiger partial charge in [0, 0.05) is 23.9 Å². The Balaban J connectivity index is 1.83. The molecule has 2 aromatic carbocycles. The first-order valence-electron chi connectivity index (χ1n) is 9.59. The lowest BCUT2D eigenvalue weighted by molar-refractivity contribution is -0.384. The number of carbonyl (C=O) groups is 1. The number of non-ortho nitro benzene ring substituents is 1. The number of nitrogens with one attached hydrogen (secondary N) is 1. The van der Waals surface area contributed by atoms with Gasteiger partial charge in [-0.1, -0.05) is 25.3 Å². The summed E-state index contributed by atoms with van der Waals surface area (Å²) >= 11 is 0. The summed E-state index contributed by atoms with van der Waals surface area (Å²) < 4.78 is 40.8. The van der Waals surface area contributed by atoms with Gasteiger partial charge in [-0.05, 0) is 43.2 Å². The van der Waals surface area contributed by atoms with Gasteiger partial charge in [-0.3, -0.25) is 14.9 Å². The van der Waals surface area contributed by atoms with E-state index in [-0.39, 0.29) is 22.3 Å².